The van der Waals surface area contributed by atoms with E-state index in [9.17, 15) is 14.5 Å². The third kappa shape index (κ3) is 3.18. The number of pyridine rings is 1. The number of hydrogen-bond donors (Lipinski definition) is 0. The fourth-order valence-corrected chi connectivity index (χ4v) is 1.79. The molecule has 8 heteroatoms. The highest BCUT2D eigenvalue weighted by molar-refractivity contribution is 9.10. The molecule has 2 aromatic rings. The Morgan fingerprint density at radius 3 is 2.79 bits per heavy atom. The molecule has 0 amide bonds. The van der Waals surface area contributed by atoms with Crippen molar-refractivity contribution in [3.8, 4) is 11.6 Å². The number of nitro groups is 1. The summed E-state index contributed by atoms with van der Waals surface area (Å²) < 4.78 is 19.3. The van der Waals surface area contributed by atoms with Crippen molar-refractivity contribution in [3.05, 3.63) is 55.9 Å². The van der Waals surface area contributed by atoms with E-state index in [2.05, 4.69) is 20.9 Å². The van der Waals surface area contributed by atoms with E-state index in [1.807, 2.05) is 0 Å². The van der Waals surface area contributed by atoms with Crippen LogP contribution < -0.4 is 4.74 Å². The van der Waals surface area contributed by atoms with Crippen molar-refractivity contribution >= 4 is 33.2 Å². The Morgan fingerprint density at radius 2 is 2.16 bits per heavy atom. The average Bonchev–Trinajstić information content (AvgIpc) is 2.36. The summed E-state index contributed by atoms with van der Waals surface area (Å²) in [5, 5.41) is 10.4. The minimum absolute atomic E-state index is 0.0754. The minimum atomic E-state index is -0.637. The lowest BCUT2D eigenvalue weighted by molar-refractivity contribution is -0.385. The first kappa shape index (κ1) is 13.7. The van der Waals surface area contributed by atoms with E-state index < -0.39 is 10.7 Å². The quantitative estimate of drug-likeness (QED) is 0.612. The number of nitrogens with zero attached hydrogens (tertiary/aromatic N) is 2. The summed E-state index contributed by atoms with van der Waals surface area (Å²) >= 11 is 8.96. The van der Waals surface area contributed by atoms with E-state index in [0.29, 0.717) is 4.47 Å². The number of aromatic nitrogens is 1. The Morgan fingerprint density at radius 1 is 1.42 bits per heavy atom. The van der Waals surface area contributed by atoms with Crippen LogP contribution in [0.25, 0.3) is 0 Å². The van der Waals surface area contributed by atoms with Gasteiger partial charge in [-0.05, 0) is 18.2 Å². The van der Waals surface area contributed by atoms with Crippen molar-refractivity contribution < 1.29 is 14.1 Å². The molecule has 1 heterocycles. The zero-order valence-corrected chi connectivity index (χ0v) is 11.5. The molecule has 0 aliphatic carbocycles. The number of hydrogen-bond acceptors (Lipinski definition) is 4. The smallest absolute Gasteiger partial charge is 0.289 e. The Kier molecular flexibility index (Phi) is 3.96. The molecule has 0 unspecified atom stereocenters. The third-order valence-corrected chi connectivity index (χ3v) is 2.87. The van der Waals surface area contributed by atoms with Gasteiger partial charge in [0.05, 0.1) is 4.92 Å². The summed E-state index contributed by atoms with van der Waals surface area (Å²) in [7, 11) is 0. The van der Waals surface area contributed by atoms with Gasteiger partial charge in [0, 0.05) is 10.5 Å². The van der Waals surface area contributed by atoms with Gasteiger partial charge in [-0.15, -0.1) is 0 Å². The molecule has 0 bridgehead atoms. The highest BCUT2D eigenvalue weighted by Gasteiger charge is 2.14. The Bertz CT molecular complexity index is 654. The third-order valence-electron chi connectivity index (χ3n) is 2.10. The van der Waals surface area contributed by atoms with E-state index >= 15 is 0 Å². The number of benzene rings is 1. The van der Waals surface area contributed by atoms with Crippen LogP contribution in [0.2, 0.25) is 5.02 Å². The largest absolute Gasteiger partial charge is 0.434 e. The van der Waals surface area contributed by atoms with Crippen molar-refractivity contribution in [1.29, 1.82) is 0 Å². The normalized spacial score (nSPS) is 10.3. The zero-order chi connectivity index (χ0) is 14.0. The van der Waals surface area contributed by atoms with Crippen LogP contribution in [0.3, 0.4) is 0 Å². The van der Waals surface area contributed by atoms with Gasteiger partial charge >= 0.3 is 0 Å². The van der Waals surface area contributed by atoms with Crippen LogP contribution in [0.15, 0.2) is 34.9 Å². The van der Waals surface area contributed by atoms with E-state index in [4.69, 9.17) is 16.3 Å². The fourth-order valence-electron chi connectivity index (χ4n) is 1.25. The first-order valence-corrected chi connectivity index (χ1v) is 6.07. The van der Waals surface area contributed by atoms with Gasteiger partial charge in [-0.2, -0.15) is 0 Å². The summed E-state index contributed by atoms with van der Waals surface area (Å²) in [6.45, 7) is 0. The molecule has 2 rings (SSSR count). The summed E-state index contributed by atoms with van der Waals surface area (Å²) in [5.74, 6) is -0.790. The molecule has 1 aromatic heterocycles. The highest BCUT2D eigenvalue weighted by atomic mass is 79.9. The standard InChI is InChI=1S/C11H5BrClFN2O3/c12-6-1-2-9(14)10(3-6)19-11-8(13)4-7(5-15-11)16(17)18/h1-5H. The Labute approximate surface area is 120 Å². The molecule has 98 valence electrons. The average molecular weight is 348 g/mol. The van der Waals surface area contributed by atoms with Crippen molar-refractivity contribution in [1.82, 2.24) is 4.98 Å². The monoisotopic (exact) mass is 346 g/mol. The highest BCUT2D eigenvalue weighted by Crippen LogP contribution is 2.32. The molecule has 0 fully saturated rings. The Balaban J connectivity index is 2.33. The molecule has 0 saturated heterocycles. The zero-order valence-electron chi connectivity index (χ0n) is 9.14. The van der Waals surface area contributed by atoms with Crippen molar-refractivity contribution in [2.45, 2.75) is 0 Å². The molecular formula is C11H5BrClFN2O3. The number of ether oxygens (including phenoxy) is 1. The van der Waals surface area contributed by atoms with Gasteiger partial charge in [-0.25, -0.2) is 9.37 Å². The van der Waals surface area contributed by atoms with E-state index in [1.54, 1.807) is 0 Å². The van der Waals surface area contributed by atoms with E-state index in [1.165, 1.54) is 18.2 Å². The predicted octanol–water partition coefficient (Wildman–Crippen LogP) is 4.34. The van der Waals surface area contributed by atoms with E-state index in [0.717, 1.165) is 12.3 Å². The minimum Gasteiger partial charge on any atom is -0.434 e. The van der Waals surface area contributed by atoms with Gasteiger partial charge in [0.2, 0.25) is 5.88 Å². The maximum absolute atomic E-state index is 13.5. The Hall–Kier alpha value is -1.73. The van der Waals surface area contributed by atoms with Crippen LogP contribution in [0.5, 0.6) is 11.6 Å². The molecule has 5 nitrogen and oxygen atoms in total. The van der Waals surface area contributed by atoms with Crippen LogP contribution in [-0.2, 0) is 0 Å². The molecule has 0 spiro atoms. The van der Waals surface area contributed by atoms with Crippen LogP contribution >= 0.6 is 27.5 Å². The van der Waals surface area contributed by atoms with Crippen molar-refractivity contribution in [2.24, 2.45) is 0 Å². The van der Waals surface area contributed by atoms with Crippen LogP contribution in [0, 0.1) is 15.9 Å². The lowest BCUT2D eigenvalue weighted by Crippen LogP contribution is -1.94. The van der Waals surface area contributed by atoms with Gasteiger partial charge < -0.3 is 4.74 Å². The summed E-state index contributed by atoms with van der Waals surface area (Å²) in [5.41, 5.74) is -0.271. The van der Waals surface area contributed by atoms with Gasteiger partial charge in [-0.1, -0.05) is 27.5 Å². The van der Waals surface area contributed by atoms with Crippen LogP contribution in [-0.4, -0.2) is 9.91 Å². The van der Waals surface area contributed by atoms with Crippen molar-refractivity contribution in [2.75, 3.05) is 0 Å². The summed E-state index contributed by atoms with van der Waals surface area (Å²) in [6, 6.07) is 5.19. The molecule has 0 aliphatic rings. The molecule has 19 heavy (non-hydrogen) atoms. The first-order valence-electron chi connectivity index (χ1n) is 4.90. The lowest BCUT2D eigenvalue weighted by atomic mass is 10.3. The maximum Gasteiger partial charge on any atom is 0.289 e. The van der Waals surface area contributed by atoms with Gasteiger partial charge in [0.1, 0.15) is 11.2 Å². The fraction of sp³-hybridized carbons (Fsp3) is 0. The van der Waals surface area contributed by atoms with E-state index in [-0.39, 0.29) is 22.3 Å². The maximum atomic E-state index is 13.5. The second kappa shape index (κ2) is 5.50. The molecule has 0 aliphatic heterocycles. The second-order valence-electron chi connectivity index (χ2n) is 3.41. The number of rotatable bonds is 3. The number of halogens is 3. The van der Waals surface area contributed by atoms with Crippen LogP contribution in [0.4, 0.5) is 10.1 Å². The topological polar surface area (TPSA) is 65.3 Å². The second-order valence-corrected chi connectivity index (χ2v) is 4.74. The lowest BCUT2D eigenvalue weighted by Gasteiger charge is -2.07. The predicted molar refractivity (Wildman–Crippen MR) is 70.1 cm³/mol. The molecule has 0 saturated carbocycles. The molecule has 0 atom stereocenters. The molecule has 0 radical (unpaired) electrons. The molecule has 1 aromatic carbocycles. The van der Waals surface area contributed by atoms with Gasteiger partial charge in [0.15, 0.2) is 11.6 Å². The van der Waals surface area contributed by atoms with Gasteiger partial charge in [0.25, 0.3) is 5.69 Å². The molecular weight excluding hydrogens is 342 g/mol. The SMILES string of the molecule is O=[N+]([O-])c1cnc(Oc2cc(Br)ccc2F)c(Cl)c1. The molecule has 0 N–H and O–H groups in total. The summed E-state index contributed by atoms with van der Waals surface area (Å²) in [6.07, 6.45) is 0.983. The van der Waals surface area contributed by atoms with Crippen LogP contribution in [0.1, 0.15) is 0 Å². The van der Waals surface area contributed by atoms with Crippen molar-refractivity contribution in [3.63, 3.8) is 0 Å². The van der Waals surface area contributed by atoms with Gasteiger partial charge in [-0.3, -0.25) is 10.1 Å². The summed E-state index contributed by atoms with van der Waals surface area (Å²) in [4.78, 5) is 13.6. The first-order chi connectivity index (χ1) is 8.97.